The third-order valence-corrected chi connectivity index (χ3v) is 2.68. The highest BCUT2D eigenvalue weighted by Crippen LogP contribution is 2.19. The van der Waals surface area contributed by atoms with Crippen molar-refractivity contribution in [3.05, 3.63) is 59.2 Å². The molecule has 0 heterocycles. The normalized spacial score (nSPS) is 10.3. The van der Waals surface area contributed by atoms with E-state index in [-0.39, 0.29) is 23.5 Å². The summed E-state index contributed by atoms with van der Waals surface area (Å²) in [6.07, 6.45) is 0. The number of anilines is 1. The van der Waals surface area contributed by atoms with E-state index in [1.165, 1.54) is 24.3 Å². The van der Waals surface area contributed by atoms with Crippen molar-refractivity contribution in [3.8, 4) is 5.75 Å². The van der Waals surface area contributed by atoms with E-state index in [0.29, 0.717) is 5.56 Å². The number of hydrogen-bond acceptors (Lipinski definition) is 3. The third kappa shape index (κ3) is 3.23. The van der Waals surface area contributed by atoms with Crippen LogP contribution in [0.4, 0.5) is 14.5 Å². The van der Waals surface area contributed by atoms with Gasteiger partial charge in [-0.15, -0.1) is 0 Å². The second-order valence-corrected chi connectivity index (χ2v) is 4.23. The molecule has 0 saturated carbocycles. The number of halogens is 2. The highest BCUT2D eigenvalue weighted by Gasteiger charge is 2.07. The second kappa shape index (κ2) is 5.56. The van der Waals surface area contributed by atoms with Gasteiger partial charge in [-0.2, -0.15) is 0 Å². The largest absolute Gasteiger partial charge is 0.508 e. The number of phenols is 1. The first-order chi connectivity index (χ1) is 9.45. The molecule has 0 radical (unpaired) electrons. The van der Waals surface area contributed by atoms with Crippen LogP contribution in [0.1, 0.15) is 15.9 Å². The minimum atomic E-state index is -0.670. The fourth-order valence-electron chi connectivity index (χ4n) is 1.75. The number of benzene rings is 2. The Kier molecular flexibility index (Phi) is 3.84. The van der Waals surface area contributed by atoms with E-state index in [2.05, 4.69) is 5.32 Å². The number of amides is 1. The Bertz CT molecular complexity index is 639. The number of carbonyl (C=O) groups is 1. The molecule has 0 aliphatic heterocycles. The number of nitrogens with two attached hydrogens (primary N) is 1. The zero-order valence-corrected chi connectivity index (χ0v) is 10.4. The molecule has 0 atom stereocenters. The van der Waals surface area contributed by atoms with Crippen LogP contribution >= 0.6 is 0 Å². The van der Waals surface area contributed by atoms with E-state index in [0.717, 1.165) is 12.1 Å². The number of carbonyl (C=O) groups excluding carboxylic acids is 1. The van der Waals surface area contributed by atoms with E-state index < -0.39 is 17.5 Å². The zero-order valence-electron chi connectivity index (χ0n) is 10.4. The van der Waals surface area contributed by atoms with Crippen molar-refractivity contribution < 1.29 is 18.7 Å². The summed E-state index contributed by atoms with van der Waals surface area (Å²) in [4.78, 5) is 11.0. The van der Waals surface area contributed by atoms with Crippen LogP contribution in [0.5, 0.6) is 5.75 Å². The minimum absolute atomic E-state index is 0.0741. The highest BCUT2D eigenvalue weighted by molar-refractivity contribution is 5.93. The van der Waals surface area contributed by atoms with Crippen molar-refractivity contribution in [1.29, 1.82) is 0 Å². The van der Waals surface area contributed by atoms with Gasteiger partial charge in [0.05, 0.1) is 5.69 Å². The van der Waals surface area contributed by atoms with Crippen LogP contribution in [-0.4, -0.2) is 11.0 Å². The molecule has 0 aliphatic rings. The van der Waals surface area contributed by atoms with Crippen molar-refractivity contribution in [2.75, 3.05) is 5.32 Å². The van der Waals surface area contributed by atoms with Crippen LogP contribution in [-0.2, 0) is 6.54 Å². The van der Waals surface area contributed by atoms with E-state index >= 15 is 0 Å². The topological polar surface area (TPSA) is 75.4 Å². The Morgan fingerprint density at radius 1 is 1.20 bits per heavy atom. The van der Waals surface area contributed by atoms with Crippen molar-refractivity contribution in [2.45, 2.75) is 6.54 Å². The minimum Gasteiger partial charge on any atom is -0.508 e. The van der Waals surface area contributed by atoms with Crippen LogP contribution < -0.4 is 11.1 Å². The molecular weight excluding hydrogens is 266 g/mol. The van der Waals surface area contributed by atoms with Gasteiger partial charge in [-0.1, -0.05) is 0 Å². The van der Waals surface area contributed by atoms with Gasteiger partial charge in [-0.3, -0.25) is 4.79 Å². The third-order valence-electron chi connectivity index (χ3n) is 2.68. The lowest BCUT2D eigenvalue weighted by Gasteiger charge is -2.09. The highest BCUT2D eigenvalue weighted by atomic mass is 19.1. The molecule has 20 heavy (non-hydrogen) atoms. The molecule has 0 aromatic heterocycles. The molecular formula is C14H12F2N2O2. The van der Waals surface area contributed by atoms with Gasteiger partial charge in [0.2, 0.25) is 5.91 Å². The molecule has 2 aromatic carbocycles. The van der Waals surface area contributed by atoms with Gasteiger partial charge >= 0.3 is 0 Å². The van der Waals surface area contributed by atoms with Crippen LogP contribution in [0.15, 0.2) is 36.4 Å². The summed E-state index contributed by atoms with van der Waals surface area (Å²) < 4.78 is 26.6. The molecule has 0 saturated heterocycles. The number of hydrogen-bond donors (Lipinski definition) is 3. The SMILES string of the molecule is NC(=O)c1ccc(F)c(NCc2cc(O)cc(F)c2)c1. The van der Waals surface area contributed by atoms with Gasteiger partial charge in [0.1, 0.15) is 17.4 Å². The molecule has 0 bridgehead atoms. The van der Waals surface area contributed by atoms with Crippen LogP contribution in [0, 0.1) is 11.6 Å². The first-order valence-corrected chi connectivity index (χ1v) is 5.77. The summed E-state index contributed by atoms with van der Waals surface area (Å²) in [5.41, 5.74) is 5.78. The second-order valence-electron chi connectivity index (χ2n) is 4.23. The fourth-order valence-corrected chi connectivity index (χ4v) is 1.75. The smallest absolute Gasteiger partial charge is 0.248 e. The quantitative estimate of drug-likeness (QED) is 0.803. The average Bonchev–Trinajstić information content (AvgIpc) is 2.36. The predicted molar refractivity (Wildman–Crippen MR) is 70.3 cm³/mol. The maximum atomic E-state index is 13.6. The lowest BCUT2D eigenvalue weighted by atomic mass is 10.1. The first kappa shape index (κ1) is 13.8. The number of primary amides is 1. The number of aromatic hydroxyl groups is 1. The Hall–Kier alpha value is -2.63. The Morgan fingerprint density at radius 2 is 1.95 bits per heavy atom. The van der Waals surface area contributed by atoms with Gasteiger partial charge in [-0.25, -0.2) is 8.78 Å². The molecule has 2 rings (SSSR count). The van der Waals surface area contributed by atoms with Crippen LogP contribution in [0.25, 0.3) is 0 Å². The maximum absolute atomic E-state index is 13.6. The van der Waals surface area contributed by atoms with Crippen LogP contribution in [0.2, 0.25) is 0 Å². The summed E-state index contributed by atoms with van der Waals surface area (Å²) >= 11 is 0. The Balaban J connectivity index is 2.18. The van der Waals surface area contributed by atoms with Gasteiger partial charge in [0.15, 0.2) is 0 Å². The lowest BCUT2D eigenvalue weighted by Crippen LogP contribution is -2.12. The fraction of sp³-hybridized carbons (Fsp3) is 0.0714. The molecule has 4 nitrogen and oxygen atoms in total. The number of rotatable bonds is 4. The van der Waals surface area contributed by atoms with Gasteiger partial charge in [0.25, 0.3) is 0 Å². The molecule has 0 unspecified atom stereocenters. The summed E-state index contributed by atoms with van der Waals surface area (Å²) in [6, 6.07) is 7.20. The van der Waals surface area contributed by atoms with Crippen LogP contribution in [0.3, 0.4) is 0 Å². The summed E-state index contributed by atoms with van der Waals surface area (Å²) in [5, 5.41) is 12.0. The molecule has 0 spiro atoms. The maximum Gasteiger partial charge on any atom is 0.248 e. The molecule has 1 amide bonds. The zero-order chi connectivity index (χ0) is 14.7. The van der Waals surface area contributed by atoms with E-state index in [4.69, 9.17) is 5.73 Å². The van der Waals surface area contributed by atoms with Crippen molar-refractivity contribution in [2.24, 2.45) is 5.73 Å². The monoisotopic (exact) mass is 278 g/mol. The number of nitrogens with one attached hydrogen (secondary N) is 1. The van der Waals surface area contributed by atoms with Gasteiger partial charge in [-0.05, 0) is 35.9 Å². The van der Waals surface area contributed by atoms with E-state index in [1.807, 2.05) is 0 Å². The van der Waals surface area contributed by atoms with Crippen molar-refractivity contribution in [3.63, 3.8) is 0 Å². The van der Waals surface area contributed by atoms with Gasteiger partial charge in [0, 0.05) is 18.2 Å². The number of phenolic OH excluding ortho intramolecular Hbond substituents is 1. The predicted octanol–water partition coefficient (Wildman–Crippen LogP) is 2.38. The average molecular weight is 278 g/mol. The molecule has 4 N–H and O–H groups in total. The molecule has 2 aromatic rings. The van der Waals surface area contributed by atoms with Crippen molar-refractivity contribution >= 4 is 11.6 Å². The molecule has 0 aliphatic carbocycles. The van der Waals surface area contributed by atoms with Crippen molar-refractivity contribution in [1.82, 2.24) is 0 Å². The summed E-state index contributed by atoms with van der Waals surface area (Å²) in [7, 11) is 0. The van der Waals surface area contributed by atoms with E-state index in [1.54, 1.807) is 0 Å². The Labute approximate surface area is 113 Å². The lowest BCUT2D eigenvalue weighted by molar-refractivity contribution is 0.100. The summed E-state index contributed by atoms with van der Waals surface area (Å²) in [5.74, 6) is -2.03. The summed E-state index contributed by atoms with van der Waals surface area (Å²) in [6.45, 7) is 0.0878. The first-order valence-electron chi connectivity index (χ1n) is 5.77. The molecule has 104 valence electrons. The van der Waals surface area contributed by atoms with E-state index in [9.17, 15) is 18.7 Å². The molecule has 6 heteroatoms. The molecule has 0 fully saturated rings. The van der Waals surface area contributed by atoms with Gasteiger partial charge < -0.3 is 16.2 Å². The Morgan fingerprint density at radius 3 is 2.60 bits per heavy atom. The standard InChI is InChI=1S/C14H12F2N2O2/c15-10-3-8(4-11(19)6-10)7-18-13-5-9(14(17)20)1-2-12(13)16/h1-6,18-19H,7H2,(H2,17,20).